The van der Waals surface area contributed by atoms with Crippen LogP contribution in [0.3, 0.4) is 0 Å². The summed E-state index contributed by atoms with van der Waals surface area (Å²) in [5.74, 6) is 1.86. The van der Waals surface area contributed by atoms with Gasteiger partial charge in [-0.15, -0.1) is 54.1 Å². The minimum absolute atomic E-state index is 0. The van der Waals surface area contributed by atoms with Crippen molar-refractivity contribution in [3.63, 3.8) is 0 Å². The molecule has 0 saturated heterocycles. The summed E-state index contributed by atoms with van der Waals surface area (Å²) >= 11 is 0. The summed E-state index contributed by atoms with van der Waals surface area (Å²) in [6.07, 6.45) is 1.87. The molecule has 6 nitrogen and oxygen atoms in total. The molecular formula is C65H58IrN4O2-2. The molecular weight excluding hydrogens is 1060 g/mol. The summed E-state index contributed by atoms with van der Waals surface area (Å²) in [7, 11) is 0. The summed E-state index contributed by atoms with van der Waals surface area (Å²) < 4.78 is 16.0. The van der Waals surface area contributed by atoms with Crippen molar-refractivity contribution in [2.75, 3.05) is 0 Å². The number of benzene rings is 8. The van der Waals surface area contributed by atoms with E-state index in [-0.39, 0.29) is 42.8 Å². The molecule has 8 aromatic carbocycles. The molecule has 0 spiro atoms. The van der Waals surface area contributed by atoms with E-state index in [1.165, 1.54) is 49.4 Å². The van der Waals surface area contributed by atoms with Gasteiger partial charge in [0, 0.05) is 42.8 Å². The van der Waals surface area contributed by atoms with Crippen LogP contribution in [0.5, 0.6) is 0 Å². The van der Waals surface area contributed by atoms with Gasteiger partial charge in [0.05, 0.1) is 16.9 Å². The van der Waals surface area contributed by atoms with Crippen LogP contribution in [-0.4, -0.2) is 19.5 Å². The molecule has 0 aliphatic rings. The molecule has 7 heteroatoms. The molecule has 4 heterocycles. The Morgan fingerprint density at radius 3 is 1.96 bits per heavy atom. The number of imidazole rings is 1. The molecule has 1 radical (unpaired) electrons. The molecule has 0 atom stereocenters. The van der Waals surface area contributed by atoms with Crippen LogP contribution < -0.4 is 0 Å². The van der Waals surface area contributed by atoms with Crippen LogP contribution in [-0.2, 0) is 30.9 Å². The summed E-state index contributed by atoms with van der Waals surface area (Å²) in [6.45, 7) is 22.1. The van der Waals surface area contributed by atoms with Crippen molar-refractivity contribution in [2.45, 2.75) is 91.9 Å². The third-order valence-electron chi connectivity index (χ3n) is 13.7. The SMILES string of the molecule is CC(C)(C)c1ccnc(-c2[c-]cccc2)c1.CC(C)c1cc(-c2ccccc2)cc(C(C)C)c1-n1c(-c2[c-]ccc3c2oc2cc4c(ccc5ccccc54)cc23)nc2ccc3nc(C(C)(C)C)oc3c21.[Ir]. The van der Waals surface area contributed by atoms with Gasteiger partial charge >= 0.3 is 0 Å². The first-order chi connectivity index (χ1) is 34.1. The predicted octanol–water partition coefficient (Wildman–Crippen LogP) is 17.9. The van der Waals surface area contributed by atoms with E-state index in [0.717, 1.165) is 72.4 Å². The monoisotopic (exact) mass is 1120 g/mol. The standard InChI is InChI=1S/C50H42N3O2.C15H16N.Ir/c1-28(2)37-25-33(30-14-9-8-10-15-30)26-38(29(3)4)44(37)53-45-41(22-23-42-47(45)55-49(52-42)50(5,6)7)51-48(53)36-19-13-18-35-40-24-32-21-20-31-16-11-12-17-34(31)39(32)27-43(40)54-46(35)36;1-15(2,3)13-9-10-16-14(11-13)12-7-5-4-6-8-12;/h8-18,20-29H,1-7H3;4-7,9-11H,1-3H3;/q2*-1;. The van der Waals surface area contributed by atoms with Gasteiger partial charge in [-0.1, -0.05) is 153 Å². The van der Waals surface area contributed by atoms with Gasteiger partial charge in [0.2, 0.25) is 5.89 Å². The maximum absolute atomic E-state index is 6.93. The summed E-state index contributed by atoms with van der Waals surface area (Å²) in [6, 6.07) is 60.0. The van der Waals surface area contributed by atoms with Gasteiger partial charge in [-0.05, 0) is 115 Å². The molecule has 12 rings (SSSR count). The molecule has 0 aliphatic heterocycles. The summed E-state index contributed by atoms with van der Waals surface area (Å²) in [5.41, 5.74) is 14.9. The third kappa shape index (κ3) is 8.73. The molecule has 0 N–H and O–H groups in total. The number of hydrogen-bond donors (Lipinski definition) is 0. The molecule has 361 valence electrons. The zero-order chi connectivity index (χ0) is 49.3. The second kappa shape index (κ2) is 18.8. The average Bonchev–Trinajstić information content (AvgIpc) is 4.10. The van der Waals surface area contributed by atoms with Gasteiger partial charge in [-0.2, -0.15) is 0 Å². The fraction of sp³-hybridized carbons (Fsp3) is 0.215. The van der Waals surface area contributed by atoms with E-state index in [1.54, 1.807) is 0 Å². The maximum atomic E-state index is 6.93. The molecule has 0 aliphatic carbocycles. The Morgan fingerprint density at radius 1 is 0.542 bits per heavy atom. The zero-order valence-electron chi connectivity index (χ0n) is 42.6. The summed E-state index contributed by atoms with van der Waals surface area (Å²) in [4.78, 5) is 14.9. The fourth-order valence-electron chi connectivity index (χ4n) is 9.87. The van der Waals surface area contributed by atoms with Crippen molar-refractivity contribution in [1.29, 1.82) is 0 Å². The fourth-order valence-corrected chi connectivity index (χ4v) is 9.87. The normalized spacial score (nSPS) is 12.2. The van der Waals surface area contributed by atoms with E-state index in [1.807, 2.05) is 42.6 Å². The van der Waals surface area contributed by atoms with Gasteiger partial charge in [0.15, 0.2) is 5.58 Å². The van der Waals surface area contributed by atoms with Crippen LogP contribution in [0.25, 0.3) is 105 Å². The van der Waals surface area contributed by atoms with Crippen LogP contribution >= 0.6 is 0 Å². The Labute approximate surface area is 435 Å². The van der Waals surface area contributed by atoms with Crippen molar-refractivity contribution in [2.24, 2.45) is 0 Å². The van der Waals surface area contributed by atoms with Gasteiger partial charge < -0.3 is 18.4 Å². The molecule has 0 unspecified atom stereocenters. The number of aromatic nitrogens is 4. The van der Waals surface area contributed by atoms with E-state index >= 15 is 0 Å². The molecule has 0 amide bonds. The van der Waals surface area contributed by atoms with Gasteiger partial charge in [0.25, 0.3) is 0 Å². The van der Waals surface area contributed by atoms with Crippen LogP contribution in [0.4, 0.5) is 0 Å². The first-order valence-corrected chi connectivity index (χ1v) is 24.8. The molecule has 4 aromatic heterocycles. The molecule has 0 fully saturated rings. The van der Waals surface area contributed by atoms with E-state index < -0.39 is 0 Å². The van der Waals surface area contributed by atoms with Crippen LogP contribution in [0.15, 0.2) is 167 Å². The Morgan fingerprint density at radius 2 is 1.25 bits per heavy atom. The van der Waals surface area contributed by atoms with E-state index in [4.69, 9.17) is 18.8 Å². The van der Waals surface area contributed by atoms with E-state index in [0.29, 0.717) is 5.89 Å². The number of hydrogen-bond acceptors (Lipinski definition) is 5. The van der Waals surface area contributed by atoms with E-state index in [2.05, 4.69) is 206 Å². The first-order valence-electron chi connectivity index (χ1n) is 24.8. The van der Waals surface area contributed by atoms with Crippen LogP contribution in [0.1, 0.15) is 104 Å². The van der Waals surface area contributed by atoms with E-state index in [9.17, 15) is 0 Å². The largest absolute Gasteiger partial charge is 0.501 e. The number of nitrogens with zero attached hydrogens (tertiary/aromatic N) is 4. The van der Waals surface area contributed by atoms with Crippen molar-refractivity contribution >= 4 is 65.6 Å². The van der Waals surface area contributed by atoms with Crippen molar-refractivity contribution < 1.29 is 28.9 Å². The number of rotatable bonds is 6. The van der Waals surface area contributed by atoms with Crippen molar-refractivity contribution in [3.05, 3.63) is 193 Å². The summed E-state index contributed by atoms with van der Waals surface area (Å²) in [5, 5.41) is 6.88. The first kappa shape index (κ1) is 48.4. The van der Waals surface area contributed by atoms with Crippen LogP contribution in [0, 0.1) is 12.1 Å². The Balaban J connectivity index is 0.000000300. The Kier molecular flexibility index (Phi) is 12.6. The smallest absolute Gasteiger partial charge is 0.200 e. The maximum Gasteiger partial charge on any atom is 0.200 e. The predicted molar refractivity (Wildman–Crippen MR) is 295 cm³/mol. The minimum Gasteiger partial charge on any atom is -0.501 e. The zero-order valence-corrected chi connectivity index (χ0v) is 45.0. The number of fused-ring (bicyclic) bond motifs is 9. The third-order valence-corrected chi connectivity index (χ3v) is 13.7. The van der Waals surface area contributed by atoms with Crippen molar-refractivity contribution in [3.8, 4) is 39.5 Å². The Hall–Kier alpha value is -7.18. The average molecular weight is 1120 g/mol. The number of pyridine rings is 1. The Bertz CT molecular complexity index is 3930. The number of oxazole rings is 1. The number of furan rings is 1. The minimum atomic E-state index is -0.273. The molecule has 12 aromatic rings. The molecule has 72 heavy (non-hydrogen) atoms. The second-order valence-corrected chi connectivity index (χ2v) is 21.5. The molecule has 0 bridgehead atoms. The van der Waals surface area contributed by atoms with Gasteiger partial charge in [-0.3, -0.25) is 4.98 Å². The second-order valence-electron chi connectivity index (χ2n) is 21.5. The quantitative estimate of drug-likeness (QED) is 0.123. The molecule has 0 saturated carbocycles. The van der Waals surface area contributed by atoms with Crippen molar-refractivity contribution in [1.82, 2.24) is 19.5 Å². The van der Waals surface area contributed by atoms with Gasteiger partial charge in [0.1, 0.15) is 16.6 Å². The van der Waals surface area contributed by atoms with Crippen LogP contribution in [0.2, 0.25) is 0 Å². The van der Waals surface area contributed by atoms with Gasteiger partial charge in [-0.25, -0.2) is 4.98 Å². The topological polar surface area (TPSA) is 69.9 Å².